The largest absolute Gasteiger partial charge is 0.480 e. The summed E-state index contributed by atoms with van der Waals surface area (Å²) in [7, 11) is -3.27. The first-order chi connectivity index (χ1) is 9.78. The topological polar surface area (TPSA) is 113 Å². The van der Waals surface area contributed by atoms with Gasteiger partial charge in [0.25, 0.3) is 0 Å². The van der Waals surface area contributed by atoms with Gasteiger partial charge in [0.05, 0.1) is 5.75 Å². The Balaban J connectivity index is 2.47. The van der Waals surface area contributed by atoms with Crippen LogP contribution in [-0.2, 0) is 25.8 Å². The van der Waals surface area contributed by atoms with Crippen molar-refractivity contribution in [3.05, 3.63) is 30.1 Å². The van der Waals surface area contributed by atoms with Crippen LogP contribution in [0.25, 0.3) is 0 Å². The molecule has 7 nitrogen and oxygen atoms in total. The third-order valence-corrected chi connectivity index (χ3v) is 3.78. The summed E-state index contributed by atoms with van der Waals surface area (Å²) in [4.78, 5) is 26.6. The van der Waals surface area contributed by atoms with E-state index in [9.17, 15) is 18.0 Å². The van der Waals surface area contributed by atoms with Crippen molar-refractivity contribution in [1.82, 2.24) is 10.3 Å². The summed E-state index contributed by atoms with van der Waals surface area (Å²) >= 11 is 0. The van der Waals surface area contributed by atoms with Gasteiger partial charge < -0.3 is 10.4 Å². The molecule has 1 rings (SSSR count). The third-order valence-electron chi connectivity index (χ3n) is 2.80. The lowest BCUT2D eigenvalue weighted by Gasteiger charge is -2.14. The Labute approximate surface area is 123 Å². The zero-order valence-corrected chi connectivity index (χ0v) is 12.5. The van der Waals surface area contributed by atoms with Crippen molar-refractivity contribution >= 4 is 21.7 Å². The number of carbonyl (C=O) groups is 2. The lowest BCUT2D eigenvalue weighted by atomic mass is 10.1. The molecule has 21 heavy (non-hydrogen) atoms. The first kappa shape index (κ1) is 17.1. The maximum atomic E-state index is 11.7. The number of pyridine rings is 1. The van der Waals surface area contributed by atoms with Crippen molar-refractivity contribution in [2.24, 2.45) is 0 Å². The molecular formula is C13H18N2O5S. The van der Waals surface area contributed by atoms with E-state index in [-0.39, 0.29) is 18.6 Å². The molecule has 116 valence electrons. The molecular weight excluding hydrogens is 296 g/mol. The number of nitrogens with one attached hydrogen (secondary N) is 1. The standard InChI is InChI=1S/C13H18N2O5S/c1-21(19,20)9-6-11(13(17)18)15-12(16)3-2-10-4-7-14-8-5-10/h4-5,7-8,11H,2-3,6,9H2,1H3,(H,15,16)(H,17,18). The highest BCUT2D eigenvalue weighted by Crippen LogP contribution is 2.02. The number of amides is 1. The van der Waals surface area contributed by atoms with Gasteiger partial charge in [-0.2, -0.15) is 0 Å². The summed E-state index contributed by atoms with van der Waals surface area (Å²) in [6.45, 7) is 0. The highest BCUT2D eigenvalue weighted by molar-refractivity contribution is 7.90. The molecule has 1 amide bonds. The Morgan fingerprint density at radius 3 is 2.48 bits per heavy atom. The van der Waals surface area contributed by atoms with Crippen LogP contribution in [0.15, 0.2) is 24.5 Å². The molecule has 0 aromatic carbocycles. The number of aliphatic carboxylic acids is 1. The Kier molecular flexibility index (Phi) is 6.29. The fourth-order valence-corrected chi connectivity index (χ4v) is 2.33. The molecule has 1 aromatic heterocycles. The minimum absolute atomic E-state index is 0.132. The van der Waals surface area contributed by atoms with Crippen LogP contribution in [-0.4, -0.2) is 48.4 Å². The maximum absolute atomic E-state index is 11.7. The number of carboxylic acids is 1. The van der Waals surface area contributed by atoms with Gasteiger partial charge >= 0.3 is 5.97 Å². The number of carbonyl (C=O) groups excluding carboxylic acids is 1. The van der Waals surface area contributed by atoms with E-state index in [0.717, 1.165) is 11.8 Å². The predicted molar refractivity (Wildman–Crippen MR) is 76.5 cm³/mol. The molecule has 1 heterocycles. The number of hydrogen-bond acceptors (Lipinski definition) is 5. The summed E-state index contributed by atoms with van der Waals surface area (Å²) < 4.78 is 22.1. The quantitative estimate of drug-likeness (QED) is 0.699. The highest BCUT2D eigenvalue weighted by atomic mass is 32.2. The van der Waals surface area contributed by atoms with Gasteiger partial charge in [0.15, 0.2) is 0 Å². The molecule has 1 atom stereocenters. The van der Waals surface area contributed by atoms with Crippen LogP contribution in [0.2, 0.25) is 0 Å². The average molecular weight is 314 g/mol. The van der Waals surface area contributed by atoms with E-state index in [4.69, 9.17) is 5.11 Å². The van der Waals surface area contributed by atoms with Gasteiger partial charge in [0.2, 0.25) is 5.91 Å². The van der Waals surface area contributed by atoms with E-state index in [0.29, 0.717) is 6.42 Å². The Morgan fingerprint density at radius 1 is 1.33 bits per heavy atom. The van der Waals surface area contributed by atoms with Gasteiger partial charge in [-0.15, -0.1) is 0 Å². The first-order valence-corrected chi connectivity index (χ1v) is 8.43. The van der Waals surface area contributed by atoms with E-state index < -0.39 is 27.8 Å². The molecule has 0 aliphatic carbocycles. The second-order valence-corrected chi connectivity index (χ2v) is 6.99. The van der Waals surface area contributed by atoms with Crippen molar-refractivity contribution < 1.29 is 23.1 Å². The van der Waals surface area contributed by atoms with E-state index >= 15 is 0 Å². The van der Waals surface area contributed by atoms with Crippen LogP contribution in [0, 0.1) is 0 Å². The van der Waals surface area contributed by atoms with E-state index in [1.165, 1.54) is 0 Å². The van der Waals surface area contributed by atoms with Gasteiger partial charge in [-0.25, -0.2) is 13.2 Å². The van der Waals surface area contributed by atoms with Crippen LogP contribution in [0.4, 0.5) is 0 Å². The smallest absolute Gasteiger partial charge is 0.326 e. The average Bonchev–Trinajstić information content (AvgIpc) is 2.41. The van der Waals surface area contributed by atoms with Gasteiger partial charge in [-0.1, -0.05) is 0 Å². The normalized spacial score (nSPS) is 12.6. The van der Waals surface area contributed by atoms with E-state index in [2.05, 4.69) is 10.3 Å². The van der Waals surface area contributed by atoms with Crippen molar-refractivity contribution in [1.29, 1.82) is 0 Å². The summed E-state index contributed by atoms with van der Waals surface area (Å²) in [5, 5.41) is 11.3. The fourth-order valence-electron chi connectivity index (χ4n) is 1.66. The number of rotatable bonds is 8. The number of aryl methyl sites for hydroxylation is 1. The zero-order chi connectivity index (χ0) is 15.9. The second-order valence-electron chi connectivity index (χ2n) is 4.73. The number of nitrogens with zero attached hydrogens (tertiary/aromatic N) is 1. The Bertz CT molecular complexity index is 586. The SMILES string of the molecule is CS(=O)(=O)CCC(NC(=O)CCc1ccncc1)C(=O)O. The first-order valence-electron chi connectivity index (χ1n) is 6.37. The second kappa shape index (κ2) is 7.72. The zero-order valence-electron chi connectivity index (χ0n) is 11.7. The molecule has 0 saturated carbocycles. The number of sulfone groups is 1. The van der Waals surface area contributed by atoms with Gasteiger partial charge in [0.1, 0.15) is 15.9 Å². The molecule has 2 N–H and O–H groups in total. The van der Waals surface area contributed by atoms with E-state index in [1.807, 2.05) is 0 Å². The number of hydrogen-bond donors (Lipinski definition) is 2. The van der Waals surface area contributed by atoms with Crippen LogP contribution in [0.3, 0.4) is 0 Å². The van der Waals surface area contributed by atoms with Crippen LogP contribution in [0.1, 0.15) is 18.4 Å². The molecule has 0 spiro atoms. The van der Waals surface area contributed by atoms with E-state index in [1.54, 1.807) is 24.5 Å². The van der Waals surface area contributed by atoms with Crippen molar-refractivity contribution in [3.8, 4) is 0 Å². The number of carboxylic acid groups (broad SMARTS) is 1. The molecule has 0 fully saturated rings. The fraction of sp³-hybridized carbons (Fsp3) is 0.462. The summed E-state index contributed by atoms with van der Waals surface area (Å²) in [6, 6.07) is 2.35. The van der Waals surface area contributed by atoms with Gasteiger partial charge in [0, 0.05) is 25.1 Å². The molecule has 1 unspecified atom stereocenters. The lowest BCUT2D eigenvalue weighted by Crippen LogP contribution is -2.42. The lowest BCUT2D eigenvalue weighted by molar-refractivity contribution is -0.141. The van der Waals surface area contributed by atoms with Crippen molar-refractivity contribution in [2.45, 2.75) is 25.3 Å². The minimum Gasteiger partial charge on any atom is -0.480 e. The molecule has 1 aromatic rings. The van der Waals surface area contributed by atoms with Crippen LogP contribution in [0.5, 0.6) is 0 Å². The third kappa shape index (κ3) is 7.40. The summed E-state index contributed by atoms with van der Waals surface area (Å²) in [5.74, 6) is -1.95. The number of aromatic nitrogens is 1. The molecule has 0 aliphatic rings. The Hall–Kier alpha value is -1.96. The minimum atomic E-state index is -3.27. The van der Waals surface area contributed by atoms with Gasteiger partial charge in [-0.05, 0) is 30.5 Å². The summed E-state index contributed by atoms with van der Waals surface area (Å²) in [6.07, 6.45) is 4.70. The molecule has 0 saturated heterocycles. The predicted octanol–water partition coefficient (Wildman–Crippen LogP) is 0.0183. The molecule has 0 radical (unpaired) electrons. The van der Waals surface area contributed by atoms with Crippen LogP contribution >= 0.6 is 0 Å². The Morgan fingerprint density at radius 2 is 1.95 bits per heavy atom. The maximum Gasteiger partial charge on any atom is 0.326 e. The molecule has 8 heteroatoms. The van der Waals surface area contributed by atoms with Crippen LogP contribution < -0.4 is 5.32 Å². The van der Waals surface area contributed by atoms with Crippen molar-refractivity contribution in [2.75, 3.05) is 12.0 Å². The monoisotopic (exact) mass is 314 g/mol. The molecule has 0 bridgehead atoms. The van der Waals surface area contributed by atoms with Crippen molar-refractivity contribution in [3.63, 3.8) is 0 Å². The summed E-state index contributed by atoms with van der Waals surface area (Å²) in [5.41, 5.74) is 0.920. The molecule has 0 aliphatic heterocycles. The highest BCUT2D eigenvalue weighted by Gasteiger charge is 2.21. The van der Waals surface area contributed by atoms with Gasteiger partial charge in [-0.3, -0.25) is 9.78 Å².